The Bertz CT molecular complexity index is 909. The molecule has 0 spiro atoms. The van der Waals surface area contributed by atoms with Crippen molar-refractivity contribution in [2.45, 2.75) is 32.1 Å². The predicted octanol–water partition coefficient (Wildman–Crippen LogP) is 3.58. The largest absolute Gasteiger partial charge is 0.342 e. The number of hydrogen-bond acceptors (Lipinski definition) is 4. The zero-order valence-electron chi connectivity index (χ0n) is 17.8. The smallest absolute Gasteiger partial charge is 0.222 e. The molecule has 2 aromatic rings. The Morgan fingerprint density at radius 1 is 1.28 bits per heavy atom. The number of amides is 1. The SMILES string of the molecule is C/N=C\c1ccc([C@H]2C[C@@H](C)CN(C(=O)CC3CCN(C)C3)C2)c2cccnc12. The van der Waals surface area contributed by atoms with Crippen molar-refractivity contribution in [3.63, 3.8) is 0 Å². The van der Waals surface area contributed by atoms with Crippen molar-refractivity contribution >= 4 is 23.0 Å². The first-order chi connectivity index (χ1) is 14.0. The number of carbonyl (C=O) groups excluding carboxylic acids is 1. The number of rotatable bonds is 4. The molecule has 1 amide bonds. The number of hydrogen-bond donors (Lipinski definition) is 0. The molecule has 3 heterocycles. The molecule has 5 nitrogen and oxygen atoms in total. The summed E-state index contributed by atoms with van der Waals surface area (Å²) in [6, 6.07) is 8.50. The van der Waals surface area contributed by atoms with Crippen molar-refractivity contribution in [2.75, 3.05) is 40.3 Å². The van der Waals surface area contributed by atoms with E-state index in [0.717, 1.165) is 50.1 Å². The molecule has 1 unspecified atom stereocenters. The lowest BCUT2D eigenvalue weighted by molar-refractivity contribution is -0.134. The van der Waals surface area contributed by atoms with Gasteiger partial charge in [0.05, 0.1) is 5.52 Å². The van der Waals surface area contributed by atoms with Crippen molar-refractivity contribution < 1.29 is 4.79 Å². The molecule has 2 saturated heterocycles. The summed E-state index contributed by atoms with van der Waals surface area (Å²) in [5.41, 5.74) is 3.36. The Morgan fingerprint density at radius 3 is 2.90 bits per heavy atom. The van der Waals surface area contributed by atoms with E-state index >= 15 is 0 Å². The van der Waals surface area contributed by atoms with Crippen molar-refractivity contribution in [1.29, 1.82) is 0 Å². The van der Waals surface area contributed by atoms with E-state index in [1.54, 1.807) is 7.05 Å². The first-order valence-electron chi connectivity index (χ1n) is 10.8. The summed E-state index contributed by atoms with van der Waals surface area (Å²) in [6.45, 7) is 6.14. The van der Waals surface area contributed by atoms with Gasteiger partial charge in [0.2, 0.25) is 5.91 Å². The van der Waals surface area contributed by atoms with E-state index < -0.39 is 0 Å². The maximum Gasteiger partial charge on any atom is 0.222 e. The third kappa shape index (κ3) is 4.35. The molecule has 2 aliphatic heterocycles. The van der Waals surface area contributed by atoms with Gasteiger partial charge in [0.15, 0.2) is 0 Å². The normalized spacial score (nSPS) is 25.9. The highest BCUT2D eigenvalue weighted by Gasteiger charge is 2.31. The second-order valence-electron chi connectivity index (χ2n) is 8.99. The molecule has 1 aromatic heterocycles. The van der Waals surface area contributed by atoms with E-state index in [1.807, 2.05) is 18.5 Å². The summed E-state index contributed by atoms with van der Waals surface area (Å²) in [5.74, 6) is 1.71. The van der Waals surface area contributed by atoms with Gasteiger partial charge in [-0.15, -0.1) is 0 Å². The first-order valence-corrected chi connectivity index (χ1v) is 10.8. The van der Waals surface area contributed by atoms with Crippen LogP contribution >= 0.6 is 0 Å². The minimum atomic E-state index is 0.332. The second-order valence-corrected chi connectivity index (χ2v) is 8.99. The number of benzene rings is 1. The van der Waals surface area contributed by atoms with Gasteiger partial charge in [0.1, 0.15) is 0 Å². The Morgan fingerprint density at radius 2 is 2.14 bits per heavy atom. The van der Waals surface area contributed by atoms with Crippen LogP contribution < -0.4 is 0 Å². The van der Waals surface area contributed by atoms with Crippen molar-refractivity contribution in [2.24, 2.45) is 16.8 Å². The van der Waals surface area contributed by atoms with Gasteiger partial charge in [-0.05, 0) is 49.9 Å². The maximum atomic E-state index is 13.1. The van der Waals surface area contributed by atoms with Crippen LogP contribution in [0, 0.1) is 11.8 Å². The number of aromatic nitrogens is 1. The van der Waals surface area contributed by atoms with E-state index in [0.29, 0.717) is 30.1 Å². The molecule has 0 aliphatic carbocycles. The number of nitrogens with zero attached hydrogens (tertiary/aromatic N) is 4. The molecule has 3 atom stereocenters. The van der Waals surface area contributed by atoms with Crippen molar-refractivity contribution in [1.82, 2.24) is 14.8 Å². The Hall–Kier alpha value is -2.27. The van der Waals surface area contributed by atoms with Gasteiger partial charge < -0.3 is 9.80 Å². The molecule has 0 radical (unpaired) electrons. The quantitative estimate of drug-likeness (QED) is 0.748. The van der Waals surface area contributed by atoms with Crippen LogP contribution in [-0.4, -0.2) is 67.2 Å². The first kappa shape index (κ1) is 20.0. The molecule has 2 fully saturated rings. The molecule has 0 N–H and O–H groups in total. The molecule has 5 heteroatoms. The summed E-state index contributed by atoms with van der Waals surface area (Å²) in [6.07, 6.45) is 6.67. The van der Waals surface area contributed by atoms with Crippen LogP contribution in [0.3, 0.4) is 0 Å². The molecular weight excluding hydrogens is 360 g/mol. The molecular formula is C24H32N4O. The Labute approximate surface area is 173 Å². The van der Waals surface area contributed by atoms with E-state index in [4.69, 9.17) is 0 Å². The Balaban J connectivity index is 1.57. The topological polar surface area (TPSA) is 48.8 Å². The zero-order valence-corrected chi connectivity index (χ0v) is 17.8. The van der Waals surface area contributed by atoms with Gasteiger partial charge in [0, 0.05) is 62.4 Å². The lowest BCUT2D eigenvalue weighted by Gasteiger charge is -2.37. The fourth-order valence-corrected chi connectivity index (χ4v) is 5.17. The third-order valence-corrected chi connectivity index (χ3v) is 6.51. The van der Waals surface area contributed by atoms with E-state index in [9.17, 15) is 4.79 Å². The third-order valence-electron chi connectivity index (χ3n) is 6.51. The second kappa shape index (κ2) is 8.62. The van der Waals surface area contributed by atoms with Gasteiger partial charge >= 0.3 is 0 Å². The molecule has 2 aliphatic rings. The summed E-state index contributed by atoms with van der Waals surface area (Å²) in [5, 5.41) is 1.19. The zero-order chi connectivity index (χ0) is 20.4. The van der Waals surface area contributed by atoms with Crippen LogP contribution in [0.4, 0.5) is 0 Å². The molecule has 154 valence electrons. The van der Waals surface area contributed by atoms with Crippen LogP contribution in [0.25, 0.3) is 10.9 Å². The highest BCUT2D eigenvalue weighted by Crippen LogP contribution is 2.35. The van der Waals surface area contributed by atoms with Crippen molar-refractivity contribution in [3.8, 4) is 0 Å². The van der Waals surface area contributed by atoms with Gasteiger partial charge in [-0.2, -0.15) is 0 Å². The maximum absolute atomic E-state index is 13.1. The minimum absolute atomic E-state index is 0.332. The van der Waals surface area contributed by atoms with E-state index in [-0.39, 0.29) is 0 Å². The number of aliphatic imine (C=N–C) groups is 1. The Kier molecular flexibility index (Phi) is 5.95. The van der Waals surface area contributed by atoms with Gasteiger partial charge in [-0.1, -0.05) is 25.1 Å². The predicted molar refractivity (Wildman–Crippen MR) is 119 cm³/mol. The summed E-state index contributed by atoms with van der Waals surface area (Å²) < 4.78 is 0. The number of fused-ring (bicyclic) bond motifs is 1. The average Bonchev–Trinajstić information content (AvgIpc) is 3.12. The fraction of sp³-hybridized carbons (Fsp3) is 0.542. The van der Waals surface area contributed by atoms with Crippen LogP contribution in [0.2, 0.25) is 0 Å². The minimum Gasteiger partial charge on any atom is -0.342 e. The highest BCUT2D eigenvalue weighted by molar-refractivity contribution is 5.99. The number of pyridine rings is 1. The molecule has 1 aromatic carbocycles. The molecule has 29 heavy (non-hydrogen) atoms. The van der Waals surface area contributed by atoms with Crippen LogP contribution in [-0.2, 0) is 4.79 Å². The number of piperidine rings is 1. The fourth-order valence-electron chi connectivity index (χ4n) is 5.17. The molecule has 0 saturated carbocycles. The van der Waals surface area contributed by atoms with Crippen LogP contribution in [0.15, 0.2) is 35.5 Å². The highest BCUT2D eigenvalue weighted by atomic mass is 16.2. The summed E-state index contributed by atoms with van der Waals surface area (Å²) >= 11 is 0. The lowest BCUT2D eigenvalue weighted by atomic mass is 9.83. The van der Waals surface area contributed by atoms with Gasteiger partial charge in [0.25, 0.3) is 0 Å². The molecule has 0 bridgehead atoms. The van der Waals surface area contributed by atoms with Gasteiger partial charge in [-0.25, -0.2) is 0 Å². The van der Waals surface area contributed by atoms with E-state index in [1.165, 1.54) is 10.9 Å². The van der Waals surface area contributed by atoms with Crippen molar-refractivity contribution in [3.05, 3.63) is 41.6 Å². The monoisotopic (exact) mass is 392 g/mol. The average molecular weight is 393 g/mol. The standard InChI is InChI=1S/C24H32N4O/c1-17-11-20(16-28(14-17)23(29)12-18-8-10-27(3)15-18)21-7-6-19(13-25-2)24-22(21)5-4-9-26-24/h4-7,9,13,17-18,20H,8,10-12,14-16H2,1-3H3/b25-13-/t17-,18?,20+/m1/s1. The van der Waals surface area contributed by atoms with E-state index in [2.05, 4.69) is 51.9 Å². The number of likely N-dealkylation sites (tertiary alicyclic amines) is 2. The summed E-state index contributed by atoms with van der Waals surface area (Å²) in [7, 11) is 3.94. The van der Waals surface area contributed by atoms with Gasteiger partial charge in [-0.3, -0.25) is 14.8 Å². The number of carbonyl (C=O) groups is 1. The van der Waals surface area contributed by atoms with Crippen LogP contribution in [0.1, 0.15) is 43.2 Å². The summed E-state index contributed by atoms with van der Waals surface area (Å²) in [4.78, 5) is 26.3. The molecule has 4 rings (SSSR count). The van der Waals surface area contributed by atoms with Crippen LogP contribution in [0.5, 0.6) is 0 Å². The lowest BCUT2D eigenvalue weighted by Crippen LogP contribution is -2.43.